The molecule has 0 unspecified atom stereocenters. The van der Waals surface area contributed by atoms with Crippen molar-refractivity contribution in [3.63, 3.8) is 0 Å². The third-order valence-corrected chi connectivity index (χ3v) is 2.83. The molecule has 0 aromatic heterocycles. The van der Waals surface area contributed by atoms with Crippen LogP contribution in [0.1, 0.15) is 0 Å². The van der Waals surface area contributed by atoms with Gasteiger partial charge in [-0.15, -0.1) is 0 Å². The zero-order valence-electron chi connectivity index (χ0n) is 6.51. The lowest BCUT2D eigenvalue weighted by molar-refractivity contribution is -0.158. The van der Waals surface area contributed by atoms with Gasteiger partial charge in [-0.3, -0.25) is 4.79 Å². The zero-order chi connectivity index (χ0) is 9.80. The molecular weight excluding hydrogens is 187 g/mol. The molecule has 2 N–H and O–H groups in total. The van der Waals surface area contributed by atoms with E-state index in [0.717, 1.165) is 0 Å². The van der Waals surface area contributed by atoms with E-state index < -0.39 is 35.9 Å². The third-order valence-electron chi connectivity index (χ3n) is 2.83. The van der Waals surface area contributed by atoms with Crippen molar-refractivity contribution >= 4 is 5.97 Å². The Morgan fingerprint density at radius 2 is 2.08 bits per heavy atom. The van der Waals surface area contributed by atoms with Crippen LogP contribution in [0.3, 0.4) is 0 Å². The van der Waals surface area contributed by atoms with Gasteiger partial charge in [0.2, 0.25) is 0 Å². The first-order valence-corrected chi connectivity index (χ1v) is 3.96. The van der Waals surface area contributed by atoms with Gasteiger partial charge in [-0.2, -0.15) is 13.2 Å². The molecule has 1 aliphatic heterocycles. The fraction of sp³-hybridized carbons (Fsp3) is 0.857. The molecule has 3 nitrogen and oxygen atoms in total. The Morgan fingerprint density at radius 1 is 1.46 bits per heavy atom. The molecule has 13 heavy (non-hydrogen) atoms. The van der Waals surface area contributed by atoms with Crippen LogP contribution >= 0.6 is 0 Å². The van der Waals surface area contributed by atoms with E-state index in [2.05, 4.69) is 5.32 Å². The molecule has 0 aromatic carbocycles. The third kappa shape index (κ3) is 1.20. The summed E-state index contributed by atoms with van der Waals surface area (Å²) in [4.78, 5) is 10.5. The predicted molar refractivity (Wildman–Crippen MR) is 36.0 cm³/mol. The van der Waals surface area contributed by atoms with Gasteiger partial charge < -0.3 is 10.4 Å². The van der Waals surface area contributed by atoms with Crippen molar-refractivity contribution in [1.82, 2.24) is 5.32 Å². The summed E-state index contributed by atoms with van der Waals surface area (Å²) in [6.07, 6.45) is -4.23. The van der Waals surface area contributed by atoms with Crippen LogP contribution in [0.25, 0.3) is 0 Å². The molecule has 2 rings (SSSR count). The van der Waals surface area contributed by atoms with E-state index in [1.807, 2.05) is 0 Å². The molecule has 2 fully saturated rings. The number of hydrogen-bond acceptors (Lipinski definition) is 2. The van der Waals surface area contributed by atoms with Gasteiger partial charge in [0.25, 0.3) is 0 Å². The second-order valence-electron chi connectivity index (χ2n) is 3.53. The molecule has 0 spiro atoms. The van der Waals surface area contributed by atoms with Gasteiger partial charge in [-0.05, 0) is 12.5 Å². The number of nitrogens with one attached hydrogen (secondary N) is 1. The Bertz CT molecular complexity index is 253. The molecule has 1 aliphatic carbocycles. The maximum Gasteiger partial charge on any atom is 0.392 e. The largest absolute Gasteiger partial charge is 0.480 e. The fourth-order valence-electron chi connectivity index (χ4n) is 2.23. The van der Waals surface area contributed by atoms with Crippen molar-refractivity contribution in [3.8, 4) is 0 Å². The van der Waals surface area contributed by atoms with E-state index >= 15 is 0 Å². The summed E-state index contributed by atoms with van der Waals surface area (Å²) >= 11 is 0. The fourth-order valence-corrected chi connectivity index (χ4v) is 2.23. The summed E-state index contributed by atoms with van der Waals surface area (Å²) in [6, 6.07) is -1.00. The van der Waals surface area contributed by atoms with Crippen LogP contribution in [-0.4, -0.2) is 29.8 Å². The molecule has 0 radical (unpaired) electrons. The number of fused-ring (bicyclic) bond motifs is 1. The van der Waals surface area contributed by atoms with Crippen LogP contribution in [0, 0.1) is 17.8 Å². The Balaban J connectivity index is 2.07. The maximum absolute atomic E-state index is 12.2. The van der Waals surface area contributed by atoms with E-state index in [1.165, 1.54) is 0 Å². The van der Waals surface area contributed by atoms with Crippen molar-refractivity contribution < 1.29 is 23.1 Å². The van der Waals surface area contributed by atoms with E-state index in [1.54, 1.807) is 0 Å². The summed E-state index contributed by atoms with van der Waals surface area (Å²) in [5, 5.41) is 11.1. The van der Waals surface area contributed by atoms with Gasteiger partial charge in [-0.25, -0.2) is 0 Å². The van der Waals surface area contributed by atoms with Gasteiger partial charge in [0, 0.05) is 5.92 Å². The lowest BCUT2D eigenvalue weighted by atomic mass is 10.1. The maximum atomic E-state index is 12.2. The van der Waals surface area contributed by atoms with Crippen LogP contribution in [0.5, 0.6) is 0 Å². The first-order valence-electron chi connectivity index (χ1n) is 3.96. The molecule has 6 heteroatoms. The molecule has 74 valence electrons. The van der Waals surface area contributed by atoms with Crippen LogP contribution < -0.4 is 5.32 Å². The van der Waals surface area contributed by atoms with Gasteiger partial charge >= 0.3 is 12.1 Å². The molecule has 2 aliphatic rings. The lowest BCUT2D eigenvalue weighted by Crippen LogP contribution is -2.38. The van der Waals surface area contributed by atoms with Crippen molar-refractivity contribution in [2.45, 2.75) is 12.2 Å². The first-order chi connectivity index (χ1) is 5.93. The van der Waals surface area contributed by atoms with Crippen LogP contribution in [0.4, 0.5) is 13.2 Å². The summed E-state index contributed by atoms with van der Waals surface area (Å²) in [5.74, 6) is -3.83. The molecular formula is C7H8F3NO2. The van der Waals surface area contributed by atoms with Gasteiger partial charge in [0.15, 0.2) is 0 Å². The quantitative estimate of drug-likeness (QED) is 0.639. The Kier molecular flexibility index (Phi) is 1.61. The average Bonchev–Trinajstić information content (AvgIpc) is 2.52. The molecule has 0 amide bonds. The number of hydrogen-bond donors (Lipinski definition) is 2. The highest BCUT2D eigenvalue weighted by atomic mass is 19.4. The van der Waals surface area contributed by atoms with Crippen molar-refractivity contribution in [1.29, 1.82) is 0 Å². The Hall–Kier alpha value is -0.780. The van der Waals surface area contributed by atoms with Crippen molar-refractivity contribution in [2.24, 2.45) is 17.8 Å². The minimum Gasteiger partial charge on any atom is -0.480 e. The number of rotatable bonds is 1. The van der Waals surface area contributed by atoms with Crippen LogP contribution in [0.2, 0.25) is 0 Å². The van der Waals surface area contributed by atoms with Gasteiger partial charge in [-0.1, -0.05) is 0 Å². The Labute approximate surface area is 71.9 Å². The minimum absolute atomic E-state index is 0.172. The molecule has 1 saturated heterocycles. The van der Waals surface area contributed by atoms with E-state index in [-0.39, 0.29) is 6.54 Å². The van der Waals surface area contributed by atoms with Gasteiger partial charge in [0.1, 0.15) is 6.04 Å². The van der Waals surface area contributed by atoms with Crippen molar-refractivity contribution in [2.75, 3.05) is 6.54 Å². The zero-order valence-corrected chi connectivity index (χ0v) is 6.51. The van der Waals surface area contributed by atoms with Crippen LogP contribution in [-0.2, 0) is 4.79 Å². The summed E-state index contributed by atoms with van der Waals surface area (Å²) in [6.45, 7) is 0.172. The Morgan fingerprint density at radius 3 is 2.46 bits per heavy atom. The highest BCUT2D eigenvalue weighted by Gasteiger charge is 2.70. The number of piperidine rings is 1. The normalized spacial score (nSPS) is 43.0. The molecule has 0 aromatic rings. The monoisotopic (exact) mass is 195 g/mol. The summed E-state index contributed by atoms with van der Waals surface area (Å²) in [7, 11) is 0. The van der Waals surface area contributed by atoms with E-state index in [9.17, 15) is 18.0 Å². The number of alkyl halides is 3. The highest BCUT2D eigenvalue weighted by molar-refractivity contribution is 5.75. The van der Waals surface area contributed by atoms with Crippen molar-refractivity contribution in [3.05, 3.63) is 0 Å². The number of carboxylic acid groups (broad SMARTS) is 1. The highest BCUT2D eigenvalue weighted by Crippen LogP contribution is 2.59. The van der Waals surface area contributed by atoms with E-state index in [4.69, 9.17) is 5.11 Å². The standard InChI is InChI=1S/C7H8F3NO2/c8-7(9,10)4-2-1-11-5(3(2)4)6(12)13/h2-5,11H,1H2,(H,12,13)/t2-,3+,4+,5-/m0/s1. The summed E-state index contributed by atoms with van der Waals surface area (Å²) < 4.78 is 36.5. The second kappa shape index (κ2) is 2.37. The molecule has 0 bridgehead atoms. The van der Waals surface area contributed by atoms with Crippen LogP contribution in [0.15, 0.2) is 0 Å². The lowest BCUT2D eigenvalue weighted by Gasteiger charge is -2.13. The first kappa shape index (κ1) is 8.80. The number of carbonyl (C=O) groups is 1. The van der Waals surface area contributed by atoms with Gasteiger partial charge in [0.05, 0.1) is 5.92 Å². The smallest absolute Gasteiger partial charge is 0.392 e. The number of halogens is 3. The molecule has 4 atom stereocenters. The molecule has 1 heterocycles. The average molecular weight is 195 g/mol. The molecule has 1 saturated carbocycles. The minimum atomic E-state index is -4.23. The second-order valence-corrected chi connectivity index (χ2v) is 3.53. The SMILES string of the molecule is O=C(O)[C@H]1NC[C@H]2[C@@H]1[C@@H]2C(F)(F)F. The predicted octanol–water partition coefficient (Wildman–Crippen LogP) is 0.467. The number of carboxylic acids is 1. The topological polar surface area (TPSA) is 49.3 Å². The van der Waals surface area contributed by atoms with E-state index in [0.29, 0.717) is 0 Å². The number of aliphatic carboxylic acids is 1. The summed E-state index contributed by atoms with van der Waals surface area (Å²) in [5.41, 5.74) is 0.